The zero-order valence-corrected chi connectivity index (χ0v) is 11.4. The zero-order valence-electron chi connectivity index (χ0n) is 10.6. The van der Waals surface area contributed by atoms with E-state index in [4.69, 9.17) is 16.7 Å². The predicted octanol–water partition coefficient (Wildman–Crippen LogP) is 2.68. The molecule has 2 aromatic carbocycles. The second kappa shape index (κ2) is 5.34. The van der Waals surface area contributed by atoms with Crippen LogP contribution in [0.2, 0.25) is 5.02 Å². The first kappa shape index (κ1) is 13.3. The second-order valence-corrected chi connectivity index (χ2v) is 4.66. The lowest BCUT2D eigenvalue weighted by Gasteiger charge is -2.06. The third-order valence-corrected chi connectivity index (χ3v) is 3.24. The molecule has 7 heteroatoms. The predicted molar refractivity (Wildman–Crippen MR) is 76.6 cm³/mol. The Balaban J connectivity index is 2.09. The van der Waals surface area contributed by atoms with Crippen molar-refractivity contribution in [2.24, 2.45) is 0 Å². The first-order chi connectivity index (χ1) is 10.2. The second-order valence-electron chi connectivity index (χ2n) is 4.25. The molecule has 0 saturated heterocycles. The van der Waals surface area contributed by atoms with Crippen molar-refractivity contribution < 1.29 is 9.90 Å². The van der Waals surface area contributed by atoms with Gasteiger partial charge in [0.2, 0.25) is 0 Å². The van der Waals surface area contributed by atoms with Crippen LogP contribution in [0.5, 0.6) is 0 Å². The summed E-state index contributed by atoms with van der Waals surface area (Å²) in [5, 5.41) is 20.7. The third-order valence-electron chi connectivity index (χ3n) is 2.93. The van der Waals surface area contributed by atoms with Gasteiger partial charge in [0.1, 0.15) is 0 Å². The molecule has 0 amide bonds. The van der Waals surface area contributed by atoms with E-state index in [1.807, 2.05) is 30.3 Å². The molecule has 1 aromatic heterocycles. The molecule has 21 heavy (non-hydrogen) atoms. The number of rotatable bonds is 3. The number of nitrogens with zero attached hydrogens (tertiary/aromatic N) is 4. The number of carboxylic acids is 1. The fraction of sp³-hybridized carbons (Fsp3) is 0. The first-order valence-corrected chi connectivity index (χ1v) is 6.41. The average molecular weight is 301 g/mol. The smallest absolute Gasteiger partial charge is 0.337 e. The number of aromatic carboxylic acids is 1. The summed E-state index contributed by atoms with van der Waals surface area (Å²) in [5.74, 6) is -0.527. The molecule has 0 spiro atoms. The van der Waals surface area contributed by atoms with Crippen LogP contribution in [-0.4, -0.2) is 31.3 Å². The Labute approximate surface area is 124 Å². The fourth-order valence-electron chi connectivity index (χ4n) is 1.94. The monoisotopic (exact) mass is 300 g/mol. The number of hydrogen-bond acceptors (Lipinski definition) is 4. The summed E-state index contributed by atoms with van der Waals surface area (Å²) in [4.78, 5) is 11.0. The number of hydrogen-bond donors (Lipinski definition) is 1. The maximum atomic E-state index is 11.0. The van der Waals surface area contributed by atoms with Crippen LogP contribution in [0.1, 0.15) is 10.4 Å². The molecule has 0 aliphatic heterocycles. The van der Waals surface area contributed by atoms with Crippen LogP contribution in [0.3, 0.4) is 0 Å². The highest BCUT2D eigenvalue weighted by atomic mass is 35.5. The molecule has 0 radical (unpaired) electrons. The van der Waals surface area contributed by atoms with Gasteiger partial charge in [-0.3, -0.25) is 0 Å². The van der Waals surface area contributed by atoms with Crippen LogP contribution in [0.4, 0.5) is 0 Å². The highest BCUT2D eigenvalue weighted by Crippen LogP contribution is 2.23. The van der Waals surface area contributed by atoms with Crippen molar-refractivity contribution in [1.82, 2.24) is 20.2 Å². The van der Waals surface area contributed by atoms with Crippen molar-refractivity contribution in [3.8, 4) is 17.1 Å². The quantitative estimate of drug-likeness (QED) is 0.804. The van der Waals surface area contributed by atoms with Gasteiger partial charge in [-0.15, -0.1) is 5.10 Å². The van der Waals surface area contributed by atoms with Gasteiger partial charge >= 0.3 is 5.97 Å². The van der Waals surface area contributed by atoms with E-state index in [0.29, 0.717) is 11.5 Å². The Hall–Kier alpha value is -2.73. The van der Waals surface area contributed by atoms with Crippen LogP contribution < -0.4 is 0 Å². The normalized spacial score (nSPS) is 10.5. The molecule has 1 N–H and O–H groups in total. The van der Waals surface area contributed by atoms with Crippen molar-refractivity contribution >= 4 is 17.6 Å². The van der Waals surface area contributed by atoms with Crippen LogP contribution >= 0.6 is 11.6 Å². The maximum Gasteiger partial charge on any atom is 0.337 e. The van der Waals surface area contributed by atoms with Gasteiger partial charge in [0.15, 0.2) is 5.82 Å². The Morgan fingerprint density at radius 1 is 1.14 bits per heavy atom. The van der Waals surface area contributed by atoms with E-state index < -0.39 is 5.97 Å². The Morgan fingerprint density at radius 3 is 2.57 bits per heavy atom. The van der Waals surface area contributed by atoms with Crippen LogP contribution in [0, 0.1) is 0 Å². The van der Waals surface area contributed by atoms with Crippen LogP contribution in [-0.2, 0) is 0 Å². The van der Waals surface area contributed by atoms with Gasteiger partial charge in [0, 0.05) is 5.56 Å². The topological polar surface area (TPSA) is 80.9 Å². The van der Waals surface area contributed by atoms with Gasteiger partial charge < -0.3 is 5.11 Å². The number of carboxylic acid groups (broad SMARTS) is 1. The van der Waals surface area contributed by atoms with Gasteiger partial charge in [-0.2, -0.15) is 4.68 Å². The lowest BCUT2D eigenvalue weighted by molar-refractivity contribution is 0.0697. The highest BCUT2D eigenvalue weighted by Gasteiger charge is 2.14. The lowest BCUT2D eigenvalue weighted by Crippen LogP contribution is -2.02. The average Bonchev–Trinajstić information content (AvgIpc) is 2.97. The van der Waals surface area contributed by atoms with Crippen molar-refractivity contribution in [3.63, 3.8) is 0 Å². The summed E-state index contributed by atoms with van der Waals surface area (Å²) >= 11 is 5.98. The Bertz CT molecular complexity index is 802. The standard InChI is InChI=1S/C14H9ClN4O2/c15-12-8-10(6-7-11(12)14(20)21)19-13(16-17-18-19)9-4-2-1-3-5-9/h1-8H,(H,20,21). The summed E-state index contributed by atoms with van der Waals surface area (Å²) in [7, 11) is 0. The summed E-state index contributed by atoms with van der Waals surface area (Å²) in [6, 6.07) is 14.0. The minimum absolute atomic E-state index is 0.0368. The highest BCUT2D eigenvalue weighted by molar-refractivity contribution is 6.33. The van der Waals surface area contributed by atoms with E-state index in [-0.39, 0.29) is 10.6 Å². The molecular formula is C14H9ClN4O2. The molecule has 0 saturated carbocycles. The maximum absolute atomic E-state index is 11.0. The molecule has 0 aliphatic carbocycles. The number of benzene rings is 2. The van der Waals surface area contributed by atoms with Gasteiger partial charge in [0.05, 0.1) is 16.3 Å². The summed E-state index contributed by atoms with van der Waals surface area (Å²) < 4.78 is 1.51. The zero-order chi connectivity index (χ0) is 14.8. The van der Waals surface area contributed by atoms with Gasteiger partial charge in [0.25, 0.3) is 0 Å². The molecule has 3 aromatic rings. The Morgan fingerprint density at radius 2 is 1.90 bits per heavy atom. The molecule has 0 aliphatic rings. The van der Waals surface area contributed by atoms with E-state index in [2.05, 4.69) is 15.5 Å². The third kappa shape index (κ3) is 2.48. The molecule has 0 bridgehead atoms. The van der Waals surface area contributed by atoms with Crippen LogP contribution in [0.15, 0.2) is 48.5 Å². The van der Waals surface area contributed by atoms with Crippen molar-refractivity contribution in [2.75, 3.05) is 0 Å². The fourth-order valence-corrected chi connectivity index (χ4v) is 2.19. The Kier molecular flexibility index (Phi) is 3.37. The van der Waals surface area contributed by atoms with Crippen molar-refractivity contribution in [3.05, 3.63) is 59.1 Å². The van der Waals surface area contributed by atoms with E-state index in [0.717, 1.165) is 5.56 Å². The van der Waals surface area contributed by atoms with E-state index in [1.165, 1.54) is 16.8 Å². The van der Waals surface area contributed by atoms with Crippen molar-refractivity contribution in [2.45, 2.75) is 0 Å². The molecular weight excluding hydrogens is 292 g/mol. The SMILES string of the molecule is O=C(O)c1ccc(-n2nnnc2-c2ccccc2)cc1Cl. The number of halogens is 1. The van der Waals surface area contributed by atoms with Crippen LogP contribution in [0.25, 0.3) is 17.1 Å². The van der Waals surface area contributed by atoms with Crippen molar-refractivity contribution in [1.29, 1.82) is 0 Å². The van der Waals surface area contributed by atoms with E-state index >= 15 is 0 Å². The van der Waals surface area contributed by atoms with Gasteiger partial charge in [-0.05, 0) is 28.6 Å². The summed E-state index contributed by atoms with van der Waals surface area (Å²) in [6.07, 6.45) is 0. The van der Waals surface area contributed by atoms with Gasteiger partial charge in [-0.1, -0.05) is 41.9 Å². The molecule has 0 fully saturated rings. The van der Waals surface area contributed by atoms with Gasteiger partial charge in [-0.25, -0.2) is 4.79 Å². The molecule has 3 rings (SSSR count). The summed E-state index contributed by atoms with van der Waals surface area (Å²) in [6.45, 7) is 0. The lowest BCUT2D eigenvalue weighted by atomic mass is 10.2. The molecule has 104 valence electrons. The molecule has 6 nitrogen and oxygen atoms in total. The minimum atomic E-state index is -1.08. The largest absolute Gasteiger partial charge is 0.478 e. The number of aromatic nitrogens is 4. The number of carbonyl (C=O) groups is 1. The summed E-state index contributed by atoms with van der Waals surface area (Å²) in [5.41, 5.74) is 1.48. The van der Waals surface area contributed by atoms with E-state index in [9.17, 15) is 4.79 Å². The molecule has 0 unspecified atom stereocenters. The number of tetrazole rings is 1. The van der Waals surface area contributed by atoms with E-state index in [1.54, 1.807) is 6.07 Å². The molecule has 1 heterocycles. The first-order valence-electron chi connectivity index (χ1n) is 6.04. The molecule has 0 atom stereocenters. The minimum Gasteiger partial charge on any atom is -0.478 e.